The van der Waals surface area contributed by atoms with Gasteiger partial charge in [-0.25, -0.2) is 0 Å². The number of aromatic hydroxyl groups is 1. The van der Waals surface area contributed by atoms with E-state index in [0.717, 1.165) is 16.7 Å². The van der Waals surface area contributed by atoms with Gasteiger partial charge in [0.25, 0.3) is 0 Å². The summed E-state index contributed by atoms with van der Waals surface area (Å²) in [5.74, 6) is -0.442. The number of thioether (sulfide) groups is 1. The van der Waals surface area contributed by atoms with Crippen LogP contribution in [0.25, 0.3) is 6.08 Å². The lowest BCUT2D eigenvalue weighted by atomic mass is 10.1. The molecule has 4 rings (SSSR count). The molecule has 0 bridgehead atoms. The van der Waals surface area contributed by atoms with Crippen LogP contribution in [0, 0.1) is 6.92 Å². The van der Waals surface area contributed by atoms with Crippen molar-refractivity contribution in [3.8, 4) is 5.75 Å². The Bertz CT molecular complexity index is 1320. The van der Waals surface area contributed by atoms with Gasteiger partial charge in [0.2, 0.25) is 11.8 Å². The Balaban J connectivity index is 1.52. The summed E-state index contributed by atoms with van der Waals surface area (Å²) >= 11 is 1.19. The van der Waals surface area contributed by atoms with E-state index in [0.29, 0.717) is 16.5 Å². The van der Waals surface area contributed by atoms with E-state index in [-0.39, 0.29) is 24.0 Å². The van der Waals surface area contributed by atoms with Gasteiger partial charge in [0.1, 0.15) is 11.0 Å². The summed E-state index contributed by atoms with van der Waals surface area (Å²) in [7, 11) is 0. The normalized spacial score (nSPS) is 17.2. The minimum Gasteiger partial charge on any atom is -0.508 e. The van der Waals surface area contributed by atoms with Crippen molar-refractivity contribution in [1.29, 1.82) is 0 Å². The number of rotatable bonds is 7. The van der Waals surface area contributed by atoms with Crippen molar-refractivity contribution < 1.29 is 14.7 Å². The topological polar surface area (TPSA) is 94.4 Å². The van der Waals surface area contributed by atoms with Crippen molar-refractivity contribution in [3.05, 3.63) is 95.6 Å². The van der Waals surface area contributed by atoms with E-state index in [4.69, 9.17) is 0 Å². The molecule has 3 aromatic rings. The van der Waals surface area contributed by atoms with Crippen molar-refractivity contribution in [2.75, 3.05) is 10.2 Å². The average molecular weight is 499 g/mol. The number of phenols is 1. The molecule has 0 aromatic heterocycles. The molecule has 1 atom stereocenters. The number of carbonyl (C=O) groups excluding carboxylic acids is 2. The maximum Gasteiger partial charge on any atom is 0.247 e. The number of phenolic OH excluding ortho intramolecular Hbond substituents is 1. The Hall–Kier alpha value is -4.17. The number of hydrogen-bond acceptors (Lipinski definition) is 6. The van der Waals surface area contributed by atoms with Crippen LogP contribution in [-0.2, 0) is 9.59 Å². The van der Waals surface area contributed by atoms with Gasteiger partial charge in [-0.1, -0.05) is 65.9 Å². The zero-order chi connectivity index (χ0) is 25.5. The van der Waals surface area contributed by atoms with Crippen LogP contribution in [0.3, 0.4) is 0 Å². The fourth-order valence-electron chi connectivity index (χ4n) is 3.54. The van der Waals surface area contributed by atoms with Crippen LogP contribution in [0.15, 0.2) is 94.6 Å². The van der Waals surface area contributed by atoms with Crippen molar-refractivity contribution in [3.63, 3.8) is 0 Å². The van der Waals surface area contributed by atoms with E-state index in [1.165, 1.54) is 28.8 Å². The maximum absolute atomic E-state index is 13.3. The highest BCUT2D eigenvalue weighted by Crippen LogP contribution is 2.34. The zero-order valence-electron chi connectivity index (χ0n) is 20.0. The van der Waals surface area contributed by atoms with Crippen LogP contribution in [0.4, 0.5) is 11.4 Å². The third-order valence-electron chi connectivity index (χ3n) is 5.35. The number of amides is 2. The predicted octanol–water partition coefficient (Wildman–Crippen LogP) is 5.62. The van der Waals surface area contributed by atoms with Crippen LogP contribution < -0.4 is 10.2 Å². The second-order valence-corrected chi connectivity index (χ2v) is 9.51. The fourth-order valence-corrected chi connectivity index (χ4v) is 4.63. The van der Waals surface area contributed by atoms with Crippen LogP contribution in [-0.4, -0.2) is 33.6 Å². The number of allylic oxidation sites excluding steroid dienone is 1. The first-order valence-corrected chi connectivity index (χ1v) is 12.3. The van der Waals surface area contributed by atoms with E-state index in [1.807, 2.05) is 74.5 Å². The van der Waals surface area contributed by atoms with Crippen LogP contribution in [0.1, 0.15) is 24.5 Å². The summed E-state index contributed by atoms with van der Waals surface area (Å²) in [6.07, 6.45) is 3.59. The number of nitrogens with zero attached hydrogens (tertiary/aromatic N) is 3. The van der Waals surface area contributed by atoms with Gasteiger partial charge in [-0.3, -0.25) is 14.5 Å². The molecule has 1 fully saturated rings. The number of aryl methyl sites for hydroxylation is 1. The second kappa shape index (κ2) is 11.5. The second-order valence-electron chi connectivity index (χ2n) is 8.34. The Morgan fingerprint density at radius 1 is 1.06 bits per heavy atom. The number of carbonyl (C=O) groups is 2. The average Bonchev–Trinajstić information content (AvgIpc) is 3.16. The third-order valence-corrected chi connectivity index (χ3v) is 6.48. The minimum absolute atomic E-state index is 0.0123. The molecule has 1 aliphatic heterocycles. The van der Waals surface area contributed by atoms with Gasteiger partial charge in [-0.05, 0) is 61.4 Å². The third kappa shape index (κ3) is 6.49. The van der Waals surface area contributed by atoms with Gasteiger partial charge in [0.15, 0.2) is 5.17 Å². The summed E-state index contributed by atoms with van der Waals surface area (Å²) in [5, 5.41) is 20.7. The first-order valence-electron chi connectivity index (χ1n) is 11.4. The molecule has 2 amide bonds. The predicted molar refractivity (Wildman–Crippen MR) is 147 cm³/mol. The van der Waals surface area contributed by atoms with Crippen molar-refractivity contribution in [2.24, 2.45) is 10.2 Å². The SMILES string of the molecule is CC(/C=N/N=C1/SC(CC(=O)Nc2ccc(C)cc2)C(=O)N1c1ccc(O)cc1)=C\c1ccccc1. The van der Waals surface area contributed by atoms with E-state index in [2.05, 4.69) is 15.5 Å². The lowest BCUT2D eigenvalue weighted by molar-refractivity contribution is -0.121. The van der Waals surface area contributed by atoms with Gasteiger partial charge in [-0.2, -0.15) is 5.10 Å². The van der Waals surface area contributed by atoms with Crippen molar-refractivity contribution >= 4 is 52.4 Å². The van der Waals surface area contributed by atoms with Gasteiger partial charge >= 0.3 is 0 Å². The molecule has 7 nitrogen and oxygen atoms in total. The number of nitrogens with one attached hydrogen (secondary N) is 1. The summed E-state index contributed by atoms with van der Waals surface area (Å²) < 4.78 is 0. The molecular weight excluding hydrogens is 472 g/mol. The summed E-state index contributed by atoms with van der Waals surface area (Å²) in [6.45, 7) is 3.89. The Kier molecular flexibility index (Phi) is 7.97. The van der Waals surface area contributed by atoms with E-state index in [9.17, 15) is 14.7 Å². The monoisotopic (exact) mass is 498 g/mol. The quantitative estimate of drug-likeness (QED) is 0.326. The largest absolute Gasteiger partial charge is 0.508 e. The molecule has 1 aliphatic rings. The highest BCUT2D eigenvalue weighted by Gasteiger charge is 2.40. The van der Waals surface area contributed by atoms with Crippen molar-refractivity contribution in [1.82, 2.24) is 0 Å². The Morgan fingerprint density at radius 3 is 2.44 bits per heavy atom. The van der Waals surface area contributed by atoms with Gasteiger partial charge in [-0.15, -0.1) is 5.10 Å². The molecule has 8 heteroatoms. The van der Waals surface area contributed by atoms with E-state index < -0.39 is 5.25 Å². The molecule has 1 saturated heterocycles. The van der Waals surface area contributed by atoms with Gasteiger partial charge < -0.3 is 10.4 Å². The smallest absolute Gasteiger partial charge is 0.247 e. The molecule has 1 unspecified atom stereocenters. The first kappa shape index (κ1) is 24.9. The standard InChI is InChI=1S/C28H26N4O3S/c1-19-8-10-22(11-9-19)30-26(34)17-25-27(35)32(23-12-14-24(33)15-13-23)28(36-25)31-29-18-20(2)16-21-6-4-3-5-7-21/h3-16,18,25,33H,17H2,1-2H3,(H,30,34)/b20-16+,29-18+,31-28+. The molecular formula is C28H26N4O3S. The highest BCUT2D eigenvalue weighted by molar-refractivity contribution is 8.16. The van der Waals surface area contributed by atoms with E-state index in [1.54, 1.807) is 18.3 Å². The maximum atomic E-state index is 13.3. The Morgan fingerprint density at radius 2 is 1.75 bits per heavy atom. The fraction of sp³-hybridized carbons (Fsp3) is 0.143. The molecule has 36 heavy (non-hydrogen) atoms. The van der Waals surface area contributed by atoms with Crippen LogP contribution >= 0.6 is 11.8 Å². The van der Waals surface area contributed by atoms with Crippen molar-refractivity contribution in [2.45, 2.75) is 25.5 Å². The molecule has 3 aromatic carbocycles. The molecule has 182 valence electrons. The lowest BCUT2D eigenvalue weighted by Crippen LogP contribution is -2.33. The Labute approximate surface area is 214 Å². The van der Waals surface area contributed by atoms with Crippen LogP contribution in [0.5, 0.6) is 5.75 Å². The van der Waals surface area contributed by atoms with Gasteiger partial charge in [0.05, 0.1) is 11.9 Å². The minimum atomic E-state index is -0.654. The number of benzene rings is 3. The zero-order valence-corrected chi connectivity index (χ0v) is 20.8. The summed E-state index contributed by atoms with van der Waals surface area (Å²) in [6, 6.07) is 23.6. The molecule has 0 spiro atoms. The van der Waals surface area contributed by atoms with Gasteiger partial charge in [0, 0.05) is 12.1 Å². The summed E-state index contributed by atoms with van der Waals surface area (Å²) in [4.78, 5) is 27.4. The first-order chi connectivity index (χ1) is 17.4. The van der Waals surface area contributed by atoms with Crippen LogP contribution in [0.2, 0.25) is 0 Å². The number of anilines is 2. The lowest BCUT2D eigenvalue weighted by Gasteiger charge is -2.16. The molecule has 1 heterocycles. The summed E-state index contributed by atoms with van der Waals surface area (Å²) in [5.41, 5.74) is 4.25. The number of hydrogen-bond donors (Lipinski definition) is 2. The highest BCUT2D eigenvalue weighted by atomic mass is 32.2. The molecule has 0 aliphatic carbocycles. The molecule has 0 radical (unpaired) electrons. The molecule has 2 N–H and O–H groups in total. The van der Waals surface area contributed by atoms with E-state index >= 15 is 0 Å². The number of amidine groups is 1. The molecule has 0 saturated carbocycles.